The predicted molar refractivity (Wildman–Crippen MR) is 90.1 cm³/mol. The molecular weight excluding hydrogens is 326 g/mol. The number of rotatable bonds is 5. The summed E-state index contributed by atoms with van der Waals surface area (Å²) >= 11 is 0. The van der Waals surface area contributed by atoms with Gasteiger partial charge in [-0.25, -0.2) is 4.79 Å². The molecule has 2 amide bonds. The van der Waals surface area contributed by atoms with Crippen molar-refractivity contribution < 1.29 is 18.7 Å². The molecule has 0 bridgehead atoms. The summed E-state index contributed by atoms with van der Waals surface area (Å²) in [4.78, 5) is 38.0. The number of carbonyl (C=O) groups excluding carboxylic acids is 2. The molecule has 0 saturated carbocycles. The molecule has 0 unspecified atom stereocenters. The van der Waals surface area contributed by atoms with Gasteiger partial charge in [-0.3, -0.25) is 14.2 Å². The summed E-state index contributed by atoms with van der Waals surface area (Å²) in [6.07, 6.45) is 0.0875. The van der Waals surface area contributed by atoms with Gasteiger partial charge < -0.3 is 19.4 Å². The van der Waals surface area contributed by atoms with Crippen LogP contribution in [0.2, 0.25) is 0 Å². The Labute approximate surface area is 144 Å². The highest BCUT2D eigenvalue weighted by Crippen LogP contribution is 2.12. The van der Waals surface area contributed by atoms with Crippen molar-refractivity contribution in [1.29, 1.82) is 0 Å². The third-order valence-corrected chi connectivity index (χ3v) is 4.21. The number of hydrogen-bond acceptors (Lipinski definition) is 5. The van der Waals surface area contributed by atoms with Crippen LogP contribution in [0.15, 0.2) is 33.5 Å². The molecule has 0 radical (unpaired) electrons. The van der Waals surface area contributed by atoms with Crippen LogP contribution in [-0.4, -0.2) is 53.6 Å². The minimum Gasteiger partial charge on any atom is -0.408 e. The van der Waals surface area contributed by atoms with Crippen molar-refractivity contribution in [1.82, 2.24) is 14.8 Å². The predicted octanol–water partition coefficient (Wildman–Crippen LogP) is 0.348. The van der Waals surface area contributed by atoms with Gasteiger partial charge in [0.25, 0.3) is 0 Å². The SMILES string of the molecule is C[C@@H](NC(=O)CCn1c(=O)oc2ccccc21)C(=O)N1CCOCC1. The van der Waals surface area contributed by atoms with Crippen molar-refractivity contribution >= 4 is 22.9 Å². The highest BCUT2D eigenvalue weighted by molar-refractivity contribution is 5.87. The fourth-order valence-electron chi connectivity index (χ4n) is 2.87. The lowest BCUT2D eigenvalue weighted by Crippen LogP contribution is -2.50. The fraction of sp³-hybridized carbons (Fsp3) is 0.471. The van der Waals surface area contributed by atoms with E-state index in [1.807, 2.05) is 0 Å². The average Bonchev–Trinajstić information content (AvgIpc) is 2.95. The Balaban J connectivity index is 1.56. The third kappa shape index (κ3) is 3.90. The Kier molecular flexibility index (Phi) is 5.18. The first-order valence-corrected chi connectivity index (χ1v) is 8.30. The molecule has 0 aliphatic carbocycles. The van der Waals surface area contributed by atoms with Gasteiger partial charge in [-0.2, -0.15) is 0 Å². The number of fused-ring (bicyclic) bond motifs is 1. The van der Waals surface area contributed by atoms with Gasteiger partial charge >= 0.3 is 5.76 Å². The van der Waals surface area contributed by atoms with Crippen LogP contribution in [-0.2, 0) is 20.9 Å². The average molecular weight is 347 g/mol. The fourth-order valence-corrected chi connectivity index (χ4v) is 2.87. The Morgan fingerprint density at radius 3 is 2.72 bits per heavy atom. The molecule has 1 aliphatic heterocycles. The van der Waals surface area contributed by atoms with Crippen molar-refractivity contribution in [3.05, 3.63) is 34.8 Å². The van der Waals surface area contributed by atoms with E-state index in [0.29, 0.717) is 37.4 Å². The molecule has 1 atom stereocenters. The number of carbonyl (C=O) groups is 2. The number of hydrogen-bond donors (Lipinski definition) is 1. The number of nitrogens with one attached hydrogen (secondary N) is 1. The molecule has 1 aromatic carbocycles. The van der Waals surface area contributed by atoms with E-state index < -0.39 is 11.8 Å². The zero-order valence-electron chi connectivity index (χ0n) is 14.1. The van der Waals surface area contributed by atoms with Crippen molar-refractivity contribution in [2.75, 3.05) is 26.3 Å². The zero-order chi connectivity index (χ0) is 17.8. The molecule has 2 aromatic rings. The highest BCUT2D eigenvalue weighted by atomic mass is 16.5. The molecule has 1 fully saturated rings. The van der Waals surface area contributed by atoms with Crippen LogP contribution in [0.5, 0.6) is 0 Å². The summed E-state index contributed by atoms with van der Waals surface area (Å²) in [7, 11) is 0. The summed E-state index contributed by atoms with van der Waals surface area (Å²) in [5.41, 5.74) is 1.14. The molecule has 0 spiro atoms. The van der Waals surface area contributed by atoms with Crippen LogP contribution in [0.3, 0.4) is 0 Å². The van der Waals surface area contributed by atoms with Gasteiger partial charge in [0.15, 0.2) is 5.58 Å². The molecule has 1 saturated heterocycles. The standard InChI is InChI=1S/C17H21N3O5/c1-12(16(22)19-8-10-24-11-9-19)18-15(21)6-7-20-13-4-2-3-5-14(13)25-17(20)23/h2-5,12H,6-11H2,1H3,(H,18,21)/t12-/m1/s1. The molecule has 8 heteroatoms. The Bertz CT molecular complexity index is 819. The van der Waals surface area contributed by atoms with Crippen LogP contribution in [0, 0.1) is 0 Å². The van der Waals surface area contributed by atoms with Crippen LogP contribution in [0.25, 0.3) is 11.1 Å². The number of nitrogens with zero attached hydrogens (tertiary/aromatic N) is 2. The summed E-state index contributed by atoms with van der Waals surface area (Å²) in [5, 5.41) is 2.69. The Hall–Kier alpha value is -2.61. The van der Waals surface area contributed by atoms with Crippen LogP contribution in [0.4, 0.5) is 0 Å². The number of morpholine rings is 1. The number of aromatic nitrogens is 1. The molecule has 1 aromatic heterocycles. The summed E-state index contributed by atoms with van der Waals surface area (Å²) in [5.74, 6) is -0.902. The van der Waals surface area contributed by atoms with E-state index in [0.717, 1.165) is 0 Å². The normalized spacial score (nSPS) is 16.0. The van der Waals surface area contributed by atoms with Gasteiger partial charge in [-0.15, -0.1) is 0 Å². The van der Waals surface area contributed by atoms with Gasteiger partial charge in [0, 0.05) is 26.1 Å². The number of ether oxygens (including phenoxy) is 1. The number of benzene rings is 1. The number of aryl methyl sites for hydroxylation is 1. The van der Waals surface area contributed by atoms with E-state index >= 15 is 0 Å². The van der Waals surface area contributed by atoms with E-state index in [1.54, 1.807) is 36.1 Å². The lowest BCUT2D eigenvalue weighted by atomic mass is 10.2. The highest BCUT2D eigenvalue weighted by Gasteiger charge is 2.23. The molecule has 8 nitrogen and oxygen atoms in total. The molecule has 1 N–H and O–H groups in total. The number of amides is 2. The van der Waals surface area contributed by atoms with Crippen molar-refractivity contribution in [2.24, 2.45) is 0 Å². The van der Waals surface area contributed by atoms with Gasteiger partial charge in [-0.1, -0.05) is 12.1 Å². The van der Waals surface area contributed by atoms with E-state index in [2.05, 4.69) is 5.32 Å². The molecule has 1 aliphatic rings. The monoisotopic (exact) mass is 347 g/mol. The smallest absolute Gasteiger partial charge is 0.408 e. The first kappa shape index (κ1) is 17.2. The minimum atomic E-state index is -0.608. The first-order valence-electron chi connectivity index (χ1n) is 8.30. The first-order chi connectivity index (χ1) is 12.1. The zero-order valence-corrected chi connectivity index (χ0v) is 14.1. The lowest BCUT2D eigenvalue weighted by molar-refractivity contribution is -0.139. The largest absolute Gasteiger partial charge is 0.419 e. The van der Waals surface area contributed by atoms with E-state index in [-0.39, 0.29) is 24.8 Å². The summed E-state index contributed by atoms with van der Waals surface area (Å²) in [6, 6.07) is 6.44. The summed E-state index contributed by atoms with van der Waals surface area (Å²) < 4.78 is 11.8. The van der Waals surface area contributed by atoms with E-state index in [4.69, 9.17) is 9.15 Å². The topological polar surface area (TPSA) is 93.8 Å². The van der Waals surface area contributed by atoms with Gasteiger partial charge in [0.1, 0.15) is 6.04 Å². The van der Waals surface area contributed by atoms with Crippen LogP contribution < -0.4 is 11.1 Å². The third-order valence-electron chi connectivity index (χ3n) is 4.21. The molecule has 2 heterocycles. The van der Waals surface area contributed by atoms with E-state index in [9.17, 15) is 14.4 Å². The van der Waals surface area contributed by atoms with Crippen molar-refractivity contribution in [3.63, 3.8) is 0 Å². The number of para-hydroxylation sites is 2. The Morgan fingerprint density at radius 2 is 1.96 bits per heavy atom. The lowest BCUT2D eigenvalue weighted by Gasteiger charge is -2.29. The maximum atomic E-state index is 12.3. The quantitative estimate of drug-likeness (QED) is 0.842. The molecule has 3 rings (SSSR count). The minimum absolute atomic E-state index is 0.0875. The second-order valence-corrected chi connectivity index (χ2v) is 5.96. The van der Waals surface area contributed by atoms with Gasteiger partial charge in [0.05, 0.1) is 18.7 Å². The van der Waals surface area contributed by atoms with Gasteiger partial charge in [-0.05, 0) is 19.1 Å². The maximum absolute atomic E-state index is 12.3. The maximum Gasteiger partial charge on any atom is 0.419 e. The second kappa shape index (κ2) is 7.52. The van der Waals surface area contributed by atoms with Crippen molar-refractivity contribution in [2.45, 2.75) is 25.9 Å². The molecule has 134 valence electrons. The second-order valence-electron chi connectivity index (χ2n) is 5.96. The summed E-state index contributed by atoms with van der Waals surface area (Å²) in [6.45, 7) is 3.96. The van der Waals surface area contributed by atoms with Crippen LogP contribution >= 0.6 is 0 Å². The van der Waals surface area contributed by atoms with Crippen LogP contribution in [0.1, 0.15) is 13.3 Å². The van der Waals surface area contributed by atoms with Crippen molar-refractivity contribution in [3.8, 4) is 0 Å². The van der Waals surface area contributed by atoms with Gasteiger partial charge in [0.2, 0.25) is 11.8 Å². The molecular formula is C17H21N3O5. The van der Waals surface area contributed by atoms with E-state index in [1.165, 1.54) is 4.57 Å². The molecule has 25 heavy (non-hydrogen) atoms. The Morgan fingerprint density at radius 1 is 1.24 bits per heavy atom. The number of oxazole rings is 1.